The van der Waals surface area contributed by atoms with E-state index in [-0.39, 0.29) is 11.3 Å². The van der Waals surface area contributed by atoms with Gasteiger partial charge in [-0.1, -0.05) is 51.1 Å². The lowest BCUT2D eigenvalue weighted by Gasteiger charge is -2.22. The summed E-state index contributed by atoms with van der Waals surface area (Å²) < 4.78 is 16.8. The van der Waals surface area contributed by atoms with Crippen LogP contribution in [0.15, 0.2) is 48.5 Å². The number of para-hydroxylation sites is 3. The summed E-state index contributed by atoms with van der Waals surface area (Å²) in [6, 6.07) is 15.2. The smallest absolute Gasteiger partial charge is 0.260 e. The van der Waals surface area contributed by atoms with Gasteiger partial charge in [0.15, 0.2) is 17.6 Å². The summed E-state index contributed by atoms with van der Waals surface area (Å²) in [4.78, 5) is 12.3. The number of carbonyl (C=O) groups is 1. The van der Waals surface area contributed by atoms with Crippen molar-refractivity contribution < 1.29 is 19.0 Å². The third kappa shape index (κ3) is 5.91. The highest BCUT2D eigenvalue weighted by Gasteiger charge is 2.19. The van der Waals surface area contributed by atoms with Gasteiger partial charge in [0.1, 0.15) is 12.4 Å². The van der Waals surface area contributed by atoms with Crippen LogP contribution in [0.1, 0.15) is 33.3 Å². The Morgan fingerprint density at radius 3 is 2.22 bits per heavy atom. The van der Waals surface area contributed by atoms with Crippen LogP contribution in [0.5, 0.6) is 17.2 Å². The number of benzene rings is 2. The number of rotatable bonds is 8. The Kier molecular flexibility index (Phi) is 7.11. The molecule has 146 valence electrons. The maximum Gasteiger partial charge on any atom is 0.260 e. The SMILES string of the molecule is COc1ccccc1OC(C)C(=O)NCCOc1ccccc1C(C)(C)C. The lowest BCUT2D eigenvalue weighted by molar-refractivity contribution is -0.127. The standard InChI is InChI=1S/C22H29NO4/c1-16(27-20-13-9-8-12-19(20)25-5)21(24)23-14-15-26-18-11-7-6-10-17(18)22(2,3)4/h6-13,16H,14-15H2,1-5H3,(H,23,24). The van der Waals surface area contributed by atoms with Gasteiger partial charge in [0.2, 0.25) is 0 Å². The van der Waals surface area contributed by atoms with Crippen molar-refractivity contribution in [2.24, 2.45) is 0 Å². The minimum absolute atomic E-state index is 0.00304. The molecule has 27 heavy (non-hydrogen) atoms. The van der Waals surface area contributed by atoms with Crippen molar-refractivity contribution in [3.63, 3.8) is 0 Å². The van der Waals surface area contributed by atoms with Crippen molar-refractivity contribution >= 4 is 5.91 Å². The van der Waals surface area contributed by atoms with Gasteiger partial charge in [-0.3, -0.25) is 4.79 Å². The molecule has 0 fully saturated rings. The number of carbonyl (C=O) groups excluding carboxylic acids is 1. The molecule has 0 saturated heterocycles. The molecule has 0 aliphatic rings. The Hall–Kier alpha value is -2.69. The van der Waals surface area contributed by atoms with Crippen LogP contribution < -0.4 is 19.5 Å². The number of hydrogen-bond acceptors (Lipinski definition) is 4. The van der Waals surface area contributed by atoms with Crippen molar-refractivity contribution in [2.75, 3.05) is 20.3 Å². The molecule has 0 aliphatic carbocycles. The van der Waals surface area contributed by atoms with Gasteiger partial charge < -0.3 is 19.5 Å². The van der Waals surface area contributed by atoms with E-state index in [0.717, 1.165) is 11.3 Å². The summed E-state index contributed by atoms with van der Waals surface area (Å²) in [5.41, 5.74) is 1.14. The second kappa shape index (κ2) is 9.31. The second-order valence-corrected chi connectivity index (χ2v) is 7.30. The first-order valence-electron chi connectivity index (χ1n) is 9.12. The number of ether oxygens (including phenoxy) is 3. The molecule has 0 radical (unpaired) electrons. The van der Waals surface area contributed by atoms with E-state index in [0.29, 0.717) is 24.7 Å². The summed E-state index contributed by atoms with van der Waals surface area (Å²) in [5.74, 6) is 1.78. The summed E-state index contributed by atoms with van der Waals surface area (Å²) >= 11 is 0. The van der Waals surface area contributed by atoms with E-state index in [1.807, 2.05) is 30.3 Å². The van der Waals surface area contributed by atoms with E-state index in [9.17, 15) is 4.79 Å². The summed E-state index contributed by atoms with van der Waals surface area (Å²) in [6.07, 6.45) is -0.636. The zero-order valence-corrected chi connectivity index (χ0v) is 16.7. The molecule has 0 aromatic heterocycles. The maximum atomic E-state index is 12.3. The van der Waals surface area contributed by atoms with Crippen LogP contribution in [0.3, 0.4) is 0 Å². The number of nitrogens with one attached hydrogen (secondary N) is 1. The average molecular weight is 371 g/mol. The molecule has 0 bridgehead atoms. The highest BCUT2D eigenvalue weighted by atomic mass is 16.5. The second-order valence-electron chi connectivity index (χ2n) is 7.30. The van der Waals surface area contributed by atoms with Crippen molar-refractivity contribution in [2.45, 2.75) is 39.2 Å². The third-order valence-corrected chi connectivity index (χ3v) is 4.10. The van der Waals surface area contributed by atoms with E-state index in [1.54, 1.807) is 26.2 Å². The minimum Gasteiger partial charge on any atom is -0.493 e. The Bertz CT molecular complexity index is 752. The fraction of sp³-hybridized carbons (Fsp3) is 0.409. The van der Waals surface area contributed by atoms with Crippen molar-refractivity contribution in [3.8, 4) is 17.2 Å². The summed E-state index contributed by atoms with van der Waals surface area (Å²) in [7, 11) is 1.57. The highest BCUT2D eigenvalue weighted by Crippen LogP contribution is 2.30. The van der Waals surface area contributed by atoms with Crippen LogP contribution in [0.25, 0.3) is 0 Å². The van der Waals surface area contributed by atoms with Gasteiger partial charge in [0, 0.05) is 0 Å². The van der Waals surface area contributed by atoms with E-state index >= 15 is 0 Å². The zero-order valence-electron chi connectivity index (χ0n) is 16.7. The zero-order chi connectivity index (χ0) is 19.9. The Labute approximate surface area is 161 Å². The molecule has 2 aromatic rings. The summed E-state index contributed by atoms with van der Waals surface area (Å²) in [5, 5.41) is 2.84. The Morgan fingerprint density at radius 2 is 1.59 bits per heavy atom. The van der Waals surface area contributed by atoms with Crippen LogP contribution in [0.2, 0.25) is 0 Å². The first kappa shape index (κ1) is 20.6. The van der Waals surface area contributed by atoms with Crippen LogP contribution in [-0.2, 0) is 10.2 Å². The number of amides is 1. The maximum absolute atomic E-state index is 12.3. The largest absolute Gasteiger partial charge is 0.493 e. The van der Waals surface area contributed by atoms with E-state index in [1.165, 1.54) is 0 Å². The minimum atomic E-state index is -0.636. The van der Waals surface area contributed by atoms with Crippen molar-refractivity contribution in [1.82, 2.24) is 5.32 Å². The number of hydrogen-bond donors (Lipinski definition) is 1. The normalized spacial score (nSPS) is 12.2. The predicted octanol–water partition coefficient (Wildman–Crippen LogP) is 3.96. The molecule has 1 amide bonds. The fourth-order valence-electron chi connectivity index (χ4n) is 2.65. The monoisotopic (exact) mass is 371 g/mol. The molecule has 5 heteroatoms. The first-order chi connectivity index (χ1) is 12.8. The van der Waals surface area contributed by atoms with Gasteiger partial charge in [-0.05, 0) is 36.1 Å². The van der Waals surface area contributed by atoms with Gasteiger partial charge in [-0.2, -0.15) is 0 Å². The van der Waals surface area contributed by atoms with E-state index in [2.05, 4.69) is 32.2 Å². The van der Waals surface area contributed by atoms with Crippen LogP contribution in [-0.4, -0.2) is 32.3 Å². The topological polar surface area (TPSA) is 56.8 Å². The fourth-order valence-corrected chi connectivity index (χ4v) is 2.65. The molecule has 1 unspecified atom stereocenters. The molecule has 0 aliphatic heterocycles. The van der Waals surface area contributed by atoms with Crippen LogP contribution in [0, 0.1) is 0 Å². The van der Waals surface area contributed by atoms with Gasteiger partial charge in [0.05, 0.1) is 13.7 Å². The van der Waals surface area contributed by atoms with Gasteiger partial charge >= 0.3 is 0 Å². The lowest BCUT2D eigenvalue weighted by Crippen LogP contribution is -2.38. The molecular weight excluding hydrogens is 342 g/mol. The Morgan fingerprint density at radius 1 is 1.00 bits per heavy atom. The molecule has 5 nitrogen and oxygen atoms in total. The molecule has 1 N–H and O–H groups in total. The van der Waals surface area contributed by atoms with Gasteiger partial charge in [-0.25, -0.2) is 0 Å². The summed E-state index contributed by atoms with van der Waals surface area (Å²) in [6.45, 7) is 8.93. The van der Waals surface area contributed by atoms with Gasteiger partial charge in [-0.15, -0.1) is 0 Å². The predicted molar refractivity (Wildman–Crippen MR) is 107 cm³/mol. The first-order valence-corrected chi connectivity index (χ1v) is 9.12. The molecule has 0 saturated carbocycles. The van der Waals surface area contributed by atoms with Crippen LogP contribution in [0.4, 0.5) is 0 Å². The van der Waals surface area contributed by atoms with Crippen molar-refractivity contribution in [1.29, 1.82) is 0 Å². The lowest BCUT2D eigenvalue weighted by atomic mass is 9.86. The average Bonchev–Trinajstić information content (AvgIpc) is 2.65. The molecule has 2 aromatic carbocycles. The molecule has 0 spiro atoms. The van der Waals surface area contributed by atoms with Gasteiger partial charge in [0.25, 0.3) is 5.91 Å². The number of methoxy groups -OCH3 is 1. The molecule has 2 rings (SSSR count). The molecule has 1 atom stereocenters. The van der Waals surface area contributed by atoms with Crippen LogP contribution >= 0.6 is 0 Å². The highest BCUT2D eigenvalue weighted by molar-refractivity contribution is 5.80. The van der Waals surface area contributed by atoms with Crippen molar-refractivity contribution in [3.05, 3.63) is 54.1 Å². The third-order valence-electron chi connectivity index (χ3n) is 4.10. The van der Waals surface area contributed by atoms with E-state index < -0.39 is 6.10 Å². The van der Waals surface area contributed by atoms with E-state index in [4.69, 9.17) is 14.2 Å². The molecule has 0 heterocycles. The quantitative estimate of drug-likeness (QED) is 0.714. The molecular formula is C22H29NO4. The Balaban J connectivity index is 1.83.